The third-order valence-electron chi connectivity index (χ3n) is 5.82. The van der Waals surface area contributed by atoms with Crippen molar-refractivity contribution in [2.45, 2.75) is 39.0 Å². The lowest BCUT2D eigenvalue weighted by Gasteiger charge is -2.31. The van der Waals surface area contributed by atoms with Crippen LogP contribution in [0.5, 0.6) is 0 Å². The van der Waals surface area contributed by atoms with Gasteiger partial charge in [-0.3, -0.25) is 9.59 Å². The standard InChI is InChI=1S/C25H50N8O2/c1-3-4-11-32-23(34)7-5-8-24(35)33-19-18-28-14-17-31-22-25(2)20-29-15-12-26-9-6-10-27-13-16-30-21-25/h1,26-31H,4-22H2,2H3,(H,32,34)(H,33,35). The molecule has 202 valence electrons. The van der Waals surface area contributed by atoms with Crippen LogP contribution in [-0.4, -0.2) is 103 Å². The average Bonchev–Trinajstić information content (AvgIpc) is 2.83. The molecule has 1 saturated heterocycles. The Hall–Kier alpha value is -1.74. The first-order chi connectivity index (χ1) is 17.1. The summed E-state index contributed by atoms with van der Waals surface area (Å²) in [6.45, 7) is 14.8. The Morgan fingerprint density at radius 3 is 1.94 bits per heavy atom. The van der Waals surface area contributed by atoms with E-state index in [1.165, 1.54) is 0 Å². The molecule has 0 saturated carbocycles. The minimum Gasteiger partial charge on any atom is -0.355 e. The van der Waals surface area contributed by atoms with Gasteiger partial charge in [-0.2, -0.15) is 0 Å². The van der Waals surface area contributed by atoms with E-state index in [0.717, 1.165) is 85.0 Å². The summed E-state index contributed by atoms with van der Waals surface area (Å²) < 4.78 is 0. The van der Waals surface area contributed by atoms with Crippen LogP contribution in [0.15, 0.2) is 0 Å². The fourth-order valence-electron chi connectivity index (χ4n) is 3.75. The molecule has 2 amide bonds. The maximum absolute atomic E-state index is 11.9. The first-order valence-electron chi connectivity index (χ1n) is 13.3. The summed E-state index contributed by atoms with van der Waals surface area (Å²) >= 11 is 0. The van der Waals surface area contributed by atoms with Crippen molar-refractivity contribution < 1.29 is 9.59 Å². The second-order valence-electron chi connectivity index (χ2n) is 9.45. The maximum atomic E-state index is 11.9. The van der Waals surface area contributed by atoms with Crippen molar-refractivity contribution in [2.75, 3.05) is 91.6 Å². The fraction of sp³-hybridized carbons (Fsp3) is 0.840. The highest BCUT2D eigenvalue weighted by Crippen LogP contribution is 2.12. The molecule has 1 aliphatic heterocycles. The first-order valence-corrected chi connectivity index (χ1v) is 13.3. The van der Waals surface area contributed by atoms with Gasteiger partial charge >= 0.3 is 0 Å². The van der Waals surface area contributed by atoms with Crippen LogP contribution in [0.4, 0.5) is 0 Å². The van der Waals surface area contributed by atoms with Crippen molar-refractivity contribution >= 4 is 11.8 Å². The molecule has 1 aliphatic rings. The Labute approximate surface area is 212 Å². The van der Waals surface area contributed by atoms with Crippen molar-refractivity contribution in [3.8, 4) is 12.3 Å². The summed E-state index contributed by atoms with van der Waals surface area (Å²) in [5.74, 6) is 2.40. The Morgan fingerprint density at radius 2 is 1.31 bits per heavy atom. The Kier molecular flexibility index (Phi) is 19.3. The maximum Gasteiger partial charge on any atom is 0.220 e. The Morgan fingerprint density at radius 1 is 0.771 bits per heavy atom. The zero-order valence-corrected chi connectivity index (χ0v) is 21.8. The molecule has 1 rings (SSSR count). The van der Waals surface area contributed by atoms with Crippen molar-refractivity contribution in [3.63, 3.8) is 0 Å². The molecule has 0 spiro atoms. The number of nitrogens with one attached hydrogen (secondary N) is 8. The largest absolute Gasteiger partial charge is 0.355 e. The van der Waals surface area contributed by atoms with Crippen molar-refractivity contribution in [1.29, 1.82) is 0 Å². The molecular weight excluding hydrogens is 444 g/mol. The highest BCUT2D eigenvalue weighted by atomic mass is 16.2. The van der Waals surface area contributed by atoms with Crippen LogP contribution in [0.1, 0.15) is 39.0 Å². The van der Waals surface area contributed by atoms with Gasteiger partial charge in [-0.1, -0.05) is 6.92 Å². The number of hydrogen-bond donors (Lipinski definition) is 8. The van der Waals surface area contributed by atoms with Gasteiger partial charge in [0.15, 0.2) is 0 Å². The van der Waals surface area contributed by atoms with E-state index in [2.05, 4.69) is 55.4 Å². The van der Waals surface area contributed by atoms with E-state index in [0.29, 0.717) is 38.8 Å². The molecule has 35 heavy (non-hydrogen) atoms. The Bertz CT molecular complexity index is 583. The molecule has 0 bridgehead atoms. The molecule has 1 fully saturated rings. The van der Waals surface area contributed by atoms with Crippen molar-refractivity contribution in [3.05, 3.63) is 0 Å². The molecule has 0 radical (unpaired) electrons. The molecule has 0 aliphatic carbocycles. The second-order valence-corrected chi connectivity index (χ2v) is 9.45. The number of rotatable bonds is 14. The number of amides is 2. The molecule has 0 aromatic rings. The molecule has 10 heteroatoms. The van der Waals surface area contributed by atoms with Gasteiger partial charge in [-0.15, -0.1) is 12.3 Å². The van der Waals surface area contributed by atoms with Gasteiger partial charge in [0.1, 0.15) is 0 Å². The minimum atomic E-state index is -0.0566. The van der Waals surface area contributed by atoms with E-state index in [4.69, 9.17) is 6.42 Å². The lowest BCUT2D eigenvalue weighted by molar-refractivity contribution is -0.122. The highest BCUT2D eigenvalue weighted by Gasteiger charge is 2.23. The molecule has 8 N–H and O–H groups in total. The lowest BCUT2D eigenvalue weighted by Crippen LogP contribution is -2.49. The van der Waals surface area contributed by atoms with Gasteiger partial charge in [0.2, 0.25) is 11.8 Å². The van der Waals surface area contributed by atoms with Gasteiger partial charge in [0.05, 0.1) is 0 Å². The van der Waals surface area contributed by atoms with Gasteiger partial charge in [0, 0.05) is 103 Å². The van der Waals surface area contributed by atoms with E-state index in [9.17, 15) is 9.59 Å². The minimum absolute atomic E-state index is 0.0199. The quantitative estimate of drug-likeness (QED) is 0.107. The molecular formula is C25H50N8O2. The van der Waals surface area contributed by atoms with E-state index < -0.39 is 0 Å². The Balaban J connectivity index is 2.06. The molecule has 0 unspecified atom stereocenters. The monoisotopic (exact) mass is 494 g/mol. The highest BCUT2D eigenvalue weighted by molar-refractivity contribution is 5.78. The normalized spacial score (nSPS) is 17.6. The van der Waals surface area contributed by atoms with Gasteiger partial charge < -0.3 is 42.5 Å². The zero-order valence-electron chi connectivity index (χ0n) is 21.8. The molecule has 0 atom stereocenters. The van der Waals surface area contributed by atoms with Gasteiger partial charge in [-0.25, -0.2) is 0 Å². The van der Waals surface area contributed by atoms with E-state index in [1.807, 2.05) is 0 Å². The summed E-state index contributed by atoms with van der Waals surface area (Å²) in [4.78, 5) is 23.5. The van der Waals surface area contributed by atoms with E-state index in [1.54, 1.807) is 0 Å². The van der Waals surface area contributed by atoms with E-state index >= 15 is 0 Å². The zero-order chi connectivity index (χ0) is 25.5. The third kappa shape index (κ3) is 19.2. The van der Waals surface area contributed by atoms with Gasteiger partial charge in [-0.05, 0) is 25.9 Å². The van der Waals surface area contributed by atoms with Crippen molar-refractivity contribution in [1.82, 2.24) is 42.5 Å². The SMILES string of the molecule is C#CCCNC(=O)CCCC(=O)NCCNCCNCC1(C)CNCCNCCCNCCNC1. The van der Waals surface area contributed by atoms with Crippen LogP contribution in [0, 0.1) is 17.8 Å². The average molecular weight is 495 g/mol. The van der Waals surface area contributed by atoms with Crippen LogP contribution in [0.25, 0.3) is 0 Å². The summed E-state index contributed by atoms with van der Waals surface area (Å²) in [5, 5.41) is 26.7. The predicted octanol–water partition coefficient (Wildman–Crippen LogP) is -1.64. The van der Waals surface area contributed by atoms with E-state index in [-0.39, 0.29) is 17.2 Å². The number of terminal acetylenes is 1. The fourth-order valence-corrected chi connectivity index (χ4v) is 3.75. The van der Waals surface area contributed by atoms with Crippen LogP contribution in [-0.2, 0) is 9.59 Å². The lowest BCUT2D eigenvalue weighted by atomic mass is 9.90. The number of hydrogen-bond acceptors (Lipinski definition) is 8. The van der Waals surface area contributed by atoms with Crippen LogP contribution < -0.4 is 42.5 Å². The third-order valence-corrected chi connectivity index (χ3v) is 5.82. The molecule has 1 heterocycles. The molecule has 10 nitrogen and oxygen atoms in total. The number of carbonyl (C=O) groups excluding carboxylic acids is 2. The van der Waals surface area contributed by atoms with Gasteiger partial charge in [0.25, 0.3) is 0 Å². The van der Waals surface area contributed by atoms with Crippen molar-refractivity contribution in [2.24, 2.45) is 5.41 Å². The molecule has 0 aromatic carbocycles. The summed E-state index contributed by atoms with van der Waals surface area (Å²) in [5.41, 5.74) is 0.135. The molecule has 0 aromatic heterocycles. The van der Waals surface area contributed by atoms with Crippen LogP contribution in [0.2, 0.25) is 0 Å². The smallest absolute Gasteiger partial charge is 0.220 e. The first kappa shape index (κ1) is 31.3. The predicted molar refractivity (Wildman–Crippen MR) is 143 cm³/mol. The van der Waals surface area contributed by atoms with Crippen LogP contribution >= 0.6 is 0 Å². The number of carbonyl (C=O) groups is 2. The summed E-state index contributed by atoms with van der Waals surface area (Å²) in [6, 6.07) is 0. The van der Waals surface area contributed by atoms with Crippen LogP contribution in [0.3, 0.4) is 0 Å². The second kappa shape index (κ2) is 21.5. The summed E-state index contributed by atoms with van der Waals surface area (Å²) in [7, 11) is 0. The topological polar surface area (TPSA) is 130 Å². The summed E-state index contributed by atoms with van der Waals surface area (Å²) in [6.07, 6.45) is 8.08.